The zero-order valence-corrected chi connectivity index (χ0v) is 13.9. The quantitative estimate of drug-likeness (QED) is 0.548. The van der Waals surface area contributed by atoms with Crippen LogP contribution in [0.4, 0.5) is 0 Å². The maximum Gasteiger partial charge on any atom is 0.133 e. The summed E-state index contributed by atoms with van der Waals surface area (Å²) in [6.07, 6.45) is 3.17. The maximum atomic E-state index is 6.09. The summed E-state index contributed by atoms with van der Waals surface area (Å²) in [5.41, 5.74) is 1.11. The molecule has 21 heavy (non-hydrogen) atoms. The highest BCUT2D eigenvalue weighted by Crippen LogP contribution is 2.29. The van der Waals surface area contributed by atoms with E-state index in [0.717, 1.165) is 36.6 Å². The van der Waals surface area contributed by atoms with Gasteiger partial charge in [-0.15, -0.1) is 11.8 Å². The normalized spacial score (nSPS) is 10.6. The fraction of sp³-hybridized carbons (Fsp3) is 0.294. The predicted molar refractivity (Wildman–Crippen MR) is 91.7 cm³/mol. The molecule has 0 aliphatic carbocycles. The second-order valence-corrected chi connectivity index (χ2v) is 6.02. The van der Waals surface area contributed by atoms with E-state index in [1.165, 1.54) is 4.90 Å². The molecule has 1 N–H and O–H groups in total. The van der Waals surface area contributed by atoms with Gasteiger partial charge in [0.15, 0.2) is 0 Å². The van der Waals surface area contributed by atoms with Crippen LogP contribution >= 0.6 is 23.4 Å². The molecule has 0 amide bonds. The van der Waals surface area contributed by atoms with E-state index in [1.807, 2.05) is 30.3 Å². The number of thioether (sulfide) groups is 1. The highest BCUT2D eigenvalue weighted by atomic mass is 35.5. The molecule has 4 heteroatoms. The summed E-state index contributed by atoms with van der Waals surface area (Å²) in [6.45, 7) is 3.92. The molecule has 0 aliphatic rings. The molecule has 2 rings (SSSR count). The van der Waals surface area contributed by atoms with Crippen LogP contribution in [0.3, 0.4) is 0 Å². The Kier molecular flexibility index (Phi) is 6.43. The average molecular weight is 322 g/mol. The second kappa shape index (κ2) is 8.32. The van der Waals surface area contributed by atoms with Gasteiger partial charge in [0.05, 0.1) is 0 Å². The third kappa shape index (κ3) is 4.95. The van der Waals surface area contributed by atoms with Crippen molar-refractivity contribution < 1.29 is 4.74 Å². The van der Waals surface area contributed by atoms with Crippen molar-refractivity contribution in [2.24, 2.45) is 0 Å². The zero-order chi connectivity index (χ0) is 15.1. The number of ether oxygens (including phenoxy) is 1. The van der Waals surface area contributed by atoms with Crippen LogP contribution in [-0.2, 0) is 6.54 Å². The summed E-state index contributed by atoms with van der Waals surface area (Å²) >= 11 is 7.80. The van der Waals surface area contributed by atoms with Crippen molar-refractivity contribution in [3.8, 4) is 11.5 Å². The Morgan fingerprint density at radius 1 is 1.14 bits per heavy atom. The average Bonchev–Trinajstić information content (AvgIpc) is 2.50. The molecule has 0 heterocycles. The largest absolute Gasteiger partial charge is 0.457 e. The molecule has 2 aromatic rings. The third-order valence-corrected chi connectivity index (χ3v) is 4.04. The van der Waals surface area contributed by atoms with Gasteiger partial charge in [-0.1, -0.05) is 24.6 Å². The molecular weight excluding hydrogens is 302 g/mol. The molecule has 0 spiro atoms. The fourth-order valence-corrected chi connectivity index (χ4v) is 2.51. The third-order valence-electron chi connectivity index (χ3n) is 3.06. The Bertz CT molecular complexity index is 572. The van der Waals surface area contributed by atoms with Gasteiger partial charge in [-0.2, -0.15) is 0 Å². The summed E-state index contributed by atoms with van der Waals surface area (Å²) in [7, 11) is 0. The highest BCUT2D eigenvalue weighted by Gasteiger charge is 2.06. The minimum absolute atomic E-state index is 0.685. The highest BCUT2D eigenvalue weighted by molar-refractivity contribution is 7.98. The number of rotatable bonds is 7. The van der Waals surface area contributed by atoms with E-state index in [0.29, 0.717) is 5.02 Å². The van der Waals surface area contributed by atoms with Crippen LogP contribution in [-0.4, -0.2) is 12.8 Å². The molecule has 2 nitrogen and oxygen atoms in total. The van der Waals surface area contributed by atoms with Crippen molar-refractivity contribution in [2.75, 3.05) is 12.8 Å². The number of halogens is 1. The lowest BCUT2D eigenvalue weighted by Gasteiger charge is -2.12. The fourth-order valence-electron chi connectivity index (χ4n) is 1.94. The smallest absolute Gasteiger partial charge is 0.133 e. The van der Waals surface area contributed by atoms with Crippen LogP contribution in [0, 0.1) is 0 Å². The molecule has 0 unspecified atom stereocenters. The van der Waals surface area contributed by atoms with Gasteiger partial charge in [0.25, 0.3) is 0 Å². The van der Waals surface area contributed by atoms with E-state index in [4.69, 9.17) is 16.3 Å². The standard InChI is InChI=1S/C17H20ClNOS/c1-3-10-19-12-13-4-5-14(18)11-17(13)20-15-6-8-16(21-2)9-7-15/h4-9,11,19H,3,10,12H2,1-2H3. The maximum absolute atomic E-state index is 6.09. The number of benzene rings is 2. The second-order valence-electron chi connectivity index (χ2n) is 4.71. The molecule has 0 aliphatic heterocycles. The van der Waals surface area contributed by atoms with Crippen LogP contribution in [0.1, 0.15) is 18.9 Å². The van der Waals surface area contributed by atoms with Crippen LogP contribution in [0.25, 0.3) is 0 Å². The van der Waals surface area contributed by atoms with Crippen molar-refractivity contribution >= 4 is 23.4 Å². The Morgan fingerprint density at radius 3 is 2.57 bits per heavy atom. The number of hydrogen-bond donors (Lipinski definition) is 1. The lowest BCUT2D eigenvalue weighted by molar-refractivity contribution is 0.472. The van der Waals surface area contributed by atoms with Crippen molar-refractivity contribution in [2.45, 2.75) is 24.8 Å². The van der Waals surface area contributed by atoms with Crippen LogP contribution in [0.5, 0.6) is 11.5 Å². The van der Waals surface area contributed by atoms with Gasteiger partial charge in [0, 0.05) is 22.0 Å². The first-order chi connectivity index (χ1) is 10.2. The molecule has 0 saturated carbocycles. The lowest BCUT2D eigenvalue weighted by Crippen LogP contribution is -2.14. The van der Waals surface area contributed by atoms with Crippen LogP contribution in [0.15, 0.2) is 47.4 Å². The SMILES string of the molecule is CCCNCc1ccc(Cl)cc1Oc1ccc(SC)cc1. The van der Waals surface area contributed by atoms with Crippen molar-refractivity contribution in [1.82, 2.24) is 5.32 Å². The minimum Gasteiger partial charge on any atom is -0.457 e. The van der Waals surface area contributed by atoms with Gasteiger partial charge in [-0.05, 0) is 55.6 Å². The minimum atomic E-state index is 0.685. The number of nitrogens with one attached hydrogen (secondary N) is 1. The van der Waals surface area contributed by atoms with E-state index in [9.17, 15) is 0 Å². The first kappa shape index (κ1) is 16.2. The van der Waals surface area contributed by atoms with E-state index in [1.54, 1.807) is 11.8 Å². The summed E-state index contributed by atoms with van der Waals surface area (Å²) in [6, 6.07) is 13.9. The monoisotopic (exact) mass is 321 g/mol. The van der Waals surface area contributed by atoms with Gasteiger partial charge in [-0.3, -0.25) is 0 Å². The zero-order valence-electron chi connectivity index (χ0n) is 12.4. The Balaban J connectivity index is 2.14. The molecule has 0 saturated heterocycles. The van der Waals surface area contributed by atoms with E-state index < -0.39 is 0 Å². The van der Waals surface area contributed by atoms with Gasteiger partial charge in [0.1, 0.15) is 11.5 Å². The molecule has 112 valence electrons. The van der Waals surface area contributed by atoms with E-state index in [-0.39, 0.29) is 0 Å². The van der Waals surface area contributed by atoms with Crippen molar-refractivity contribution in [1.29, 1.82) is 0 Å². The van der Waals surface area contributed by atoms with Gasteiger partial charge in [0.2, 0.25) is 0 Å². The Morgan fingerprint density at radius 2 is 1.90 bits per heavy atom. The molecule has 0 bridgehead atoms. The summed E-state index contributed by atoms with van der Waals surface area (Å²) in [4.78, 5) is 1.22. The van der Waals surface area contributed by atoms with Crippen LogP contribution < -0.4 is 10.1 Å². The summed E-state index contributed by atoms with van der Waals surface area (Å²) in [5.74, 6) is 1.63. The number of hydrogen-bond acceptors (Lipinski definition) is 3. The molecule has 2 aromatic carbocycles. The van der Waals surface area contributed by atoms with Crippen LogP contribution in [0.2, 0.25) is 5.02 Å². The molecule has 0 atom stereocenters. The first-order valence-electron chi connectivity index (χ1n) is 7.04. The topological polar surface area (TPSA) is 21.3 Å². The van der Waals surface area contributed by atoms with Gasteiger partial charge < -0.3 is 10.1 Å². The molecule has 0 radical (unpaired) electrons. The molecular formula is C17H20ClNOS. The molecule has 0 fully saturated rings. The van der Waals surface area contributed by atoms with Crippen molar-refractivity contribution in [3.05, 3.63) is 53.1 Å². The van der Waals surface area contributed by atoms with Gasteiger partial charge in [-0.25, -0.2) is 0 Å². The summed E-state index contributed by atoms with van der Waals surface area (Å²) < 4.78 is 5.99. The first-order valence-corrected chi connectivity index (χ1v) is 8.64. The lowest BCUT2D eigenvalue weighted by atomic mass is 10.2. The summed E-state index contributed by atoms with van der Waals surface area (Å²) in [5, 5.41) is 4.07. The van der Waals surface area contributed by atoms with Crippen molar-refractivity contribution in [3.63, 3.8) is 0 Å². The van der Waals surface area contributed by atoms with E-state index in [2.05, 4.69) is 30.6 Å². The van der Waals surface area contributed by atoms with Gasteiger partial charge >= 0.3 is 0 Å². The molecule has 0 aromatic heterocycles. The Labute approximate surface area is 135 Å². The Hall–Kier alpha value is -1.16. The van der Waals surface area contributed by atoms with E-state index >= 15 is 0 Å². The predicted octanol–water partition coefficient (Wildman–Crippen LogP) is 5.35.